The molecule has 7 heteroatoms. The molecule has 3 aromatic rings. The number of carbonyl (C=O) groups excluding carboxylic acids is 1. The number of hydrogen-bond acceptors (Lipinski definition) is 4. The van der Waals surface area contributed by atoms with Gasteiger partial charge in [0.2, 0.25) is 5.91 Å². The molecule has 1 atom stereocenters. The van der Waals surface area contributed by atoms with Crippen LogP contribution in [0.5, 0.6) is 0 Å². The van der Waals surface area contributed by atoms with E-state index in [-0.39, 0.29) is 11.9 Å². The maximum atomic E-state index is 12.1. The van der Waals surface area contributed by atoms with Crippen LogP contribution in [0.1, 0.15) is 30.5 Å². The Kier molecular flexibility index (Phi) is 4.05. The number of aromatic amines is 1. The summed E-state index contributed by atoms with van der Waals surface area (Å²) in [6.07, 6.45) is 0.645. The molecule has 0 saturated carbocycles. The van der Waals surface area contributed by atoms with E-state index < -0.39 is 0 Å². The van der Waals surface area contributed by atoms with Crippen LogP contribution in [0.4, 0.5) is 0 Å². The van der Waals surface area contributed by atoms with Crippen molar-refractivity contribution in [1.29, 1.82) is 0 Å². The first kappa shape index (κ1) is 16.2. The van der Waals surface area contributed by atoms with Crippen LogP contribution in [-0.2, 0) is 4.79 Å². The van der Waals surface area contributed by atoms with Crippen molar-refractivity contribution in [2.45, 2.75) is 19.4 Å². The number of fused-ring (bicyclic) bond motifs is 1. The molecule has 0 fully saturated rings. The highest BCUT2D eigenvalue weighted by molar-refractivity contribution is 9.10. The molecule has 0 spiro atoms. The van der Waals surface area contributed by atoms with E-state index in [1.807, 2.05) is 42.5 Å². The minimum Gasteiger partial charge on any atom is -0.429 e. The number of benzene rings is 2. The molecule has 1 aliphatic heterocycles. The SMILES string of the molecule is CC(=O)N1N=C(c2ccccc2Br)CC1c1ccc2oc(=S)[nH]c2c1. The number of amides is 1. The van der Waals surface area contributed by atoms with Gasteiger partial charge in [0, 0.05) is 23.4 Å². The summed E-state index contributed by atoms with van der Waals surface area (Å²) in [5, 5.41) is 6.12. The number of nitrogens with one attached hydrogen (secondary N) is 1. The molecule has 1 aromatic heterocycles. The Balaban J connectivity index is 1.75. The van der Waals surface area contributed by atoms with Gasteiger partial charge in [0.1, 0.15) is 0 Å². The van der Waals surface area contributed by atoms with Crippen molar-refractivity contribution in [1.82, 2.24) is 9.99 Å². The largest absolute Gasteiger partial charge is 0.429 e. The Morgan fingerprint density at radius 2 is 2.16 bits per heavy atom. The third kappa shape index (κ3) is 2.94. The quantitative estimate of drug-likeness (QED) is 0.602. The first-order valence-electron chi connectivity index (χ1n) is 7.78. The Labute approximate surface area is 157 Å². The van der Waals surface area contributed by atoms with Gasteiger partial charge in [-0.25, -0.2) is 5.01 Å². The molecule has 1 N–H and O–H groups in total. The first-order valence-corrected chi connectivity index (χ1v) is 8.98. The molecule has 2 aromatic carbocycles. The van der Waals surface area contributed by atoms with Gasteiger partial charge in [0.05, 0.1) is 17.3 Å². The van der Waals surface area contributed by atoms with Crippen molar-refractivity contribution in [3.63, 3.8) is 0 Å². The Morgan fingerprint density at radius 1 is 1.36 bits per heavy atom. The average molecular weight is 416 g/mol. The maximum Gasteiger partial charge on any atom is 0.266 e. The summed E-state index contributed by atoms with van der Waals surface area (Å²) >= 11 is 8.60. The number of nitrogens with zero attached hydrogens (tertiary/aromatic N) is 2. The smallest absolute Gasteiger partial charge is 0.266 e. The minimum atomic E-state index is -0.152. The van der Waals surface area contributed by atoms with Crippen LogP contribution in [0, 0.1) is 4.84 Å². The van der Waals surface area contributed by atoms with Crippen LogP contribution >= 0.6 is 28.1 Å². The fourth-order valence-corrected chi connectivity index (χ4v) is 3.81. The normalized spacial score (nSPS) is 17.1. The Bertz CT molecular complexity index is 1070. The molecule has 1 amide bonds. The van der Waals surface area contributed by atoms with Gasteiger partial charge in [-0.3, -0.25) is 4.79 Å². The highest BCUT2D eigenvalue weighted by Crippen LogP contribution is 2.35. The van der Waals surface area contributed by atoms with Crippen molar-refractivity contribution in [3.05, 3.63) is 62.9 Å². The van der Waals surface area contributed by atoms with Gasteiger partial charge in [-0.2, -0.15) is 5.10 Å². The second-order valence-corrected chi connectivity index (χ2v) is 7.11. The zero-order valence-electron chi connectivity index (χ0n) is 13.3. The molecule has 4 rings (SSSR count). The van der Waals surface area contributed by atoms with E-state index in [0.29, 0.717) is 16.8 Å². The number of halogens is 1. The minimum absolute atomic E-state index is 0.0905. The van der Waals surface area contributed by atoms with Gasteiger partial charge in [-0.05, 0) is 36.0 Å². The topological polar surface area (TPSA) is 61.6 Å². The van der Waals surface area contributed by atoms with Gasteiger partial charge < -0.3 is 9.40 Å². The molecular weight excluding hydrogens is 402 g/mol. The van der Waals surface area contributed by atoms with Gasteiger partial charge in [0.25, 0.3) is 4.84 Å². The van der Waals surface area contributed by atoms with Gasteiger partial charge in [-0.15, -0.1) is 0 Å². The summed E-state index contributed by atoms with van der Waals surface area (Å²) in [5.74, 6) is -0.0905. The third-order valence-electron chi connectivity index (χ3n) is 4.25. The molecular formula is C18H14BrN3O2S. The molecule has 2 heterocycles. The number of H-pyrrole nitrogens is 1. The standard InChI is InChI=1S/C18H14BrN3O2S/c1-10(23)22-16(9-14(21-22)12-4-2-3-5-13(12)19)11-6-7-17-15(8-11)20-18(25)24-17/h2-8,16H,9H2,1H3,(H,20,25). The van der Waals surface area contributed by atoms with E-state index in [0.717, 1.165) is 26.8 Å². The van der Waals surface area contributed by atoms with Crippen LogP contribution in [-0.4, -0.2) is 21.6 Å². The number of aromatic nitrogens is 1. The first-order chi connectivity index (χ1) is 12.0. The lowest BCUT2D eigenvalue weighted by molar-refractivity contribution is -0.130. The Morgan fingerprint density at radius 3 is 2.92 bits per heavy atom. The predicted molar refractivity (Wildman–Crippen MR) is 102 cm³/mol. The zero-order chi connectivity index (χ0) is 17.6. The lowest BCUT2D eigenvalue weighted by Gasteiger charge is -2.20. The monoisotopic (exact) mass is 415 g/mol. The molecule has 126 valence electrons. The molecule has 0 aliphatic carbocycles. The summed E-state index contributed by atoms with van der Waals surface area (Å²) in [6.45, 7) is 1.53. The van der Waals surface area contributed by atoms with E-state index in [1.165, 1.54) is 6.92 Å². The van der Waals surface area contributed by atoms with E-state index in [1.54, 1.807) is 5.01 Å². The summed E-state index contributed by atoms with van der Waals surface area (Å²) in [6, 6.07) is 13.5. The molecule has 5 nitrogen and oxygen atoms in total. The molecule has 0 bridgehead atoms. The van der Waals surface area contributed by atoms with Crippen LogP contribution < -0.4 is 0 Å². The van der Waals surface area contributed by atoms with Gasteiger partial charge in [0.15, 0.2) is 5.58 Å². The van der Waals surface area contributed by atoms with Crippen molar-refractivity contribution >= 4 is 50.9 Å². The van der Waals surface area contributed by atoms with E-state index in [2.05, 4.69) is 26.0 Å². The second kappa shape index (κ2) is 6.24. The summed E-state index contributed by atoms with van der Waals surface area (Å²) in [7, 11) is 0. The zero-order valence-corrected chi connectivity index (χ0v) is 15.7. The summed E-state index contributed by atoms with van der Waals surface area (Å²) in [4.78, 5) is 15.5. The second-order valence-electron chi connectivity index (χ2n) is 5.88. The van der Waals surface area contributed by atoms with Crippen molar-refractivity contribution in [3.8, 4) is 0 Å². The van der Waals surface area contributed by atoms with Gasteiger partial charge >= 0.3 is 0 Å². The lowest BCUT2D eigenvalue weighted by Crippen LogP contribution is -2.24. The number of hydrogen-bond donors (Lipinski definition) is 1. The van der Waals surface area contributed by atoms with E-state index in [4.69, 9.17) is 16.6 Å². The predicted octanol–water partition coefficient (Wildman–Crippen LogP) is 4.95. The maximum absolute atomic E-state index is 12.1. The molecule has 1 aliphatic rings. The average Bonchev–Trinajstić information content (AvgIpc) is 3.17. The Hall–Kier alpha value is -2.25. The highest BCUT2D eigenvalue weighted by atomic mass is 79.9. The van der Waals surface area contributed by atoms with E-state index >= 15 is 0 Å². The van der Waals surface area contributed by atoms with Crippen LogP contribution in [0.15, 0.2) is 56.5 Å². The van der Waals surface area contributed by atoms with Crippen LogP contribution in [0.25, 0.3) is 11.1 Å². The lowest BCUT2D eigenvalue weighted by atomic mass is 9.98. The van der Waals surface area contributed by atoms with Crippen molar-refractivity contribution in [2.75, 3.05) is 0 Å². The van der Waals surface area contributed by atoms with Gasteiger partial charge in [-0.1, -0.05) is 40.2 Å². The fraction of sp³-hybridized carbons (Fsp3) is 0.167. The number of rotatable bonds is 2. The van der Waals surface area contributed by atoms with Crippen molar-refractivity contribution in [2.24, 2.45) is 5.10 Å². The van der Waals surface area contributed by atoms with Crippen LogP contribution in [0.2, 0.25) is 0 Å². The third-order valence-corrected chi connectivity index (χ3v) is 5.12. The highest BCUT2D eigenvalue weighted by Gasteiger charge is 2.32. The number of oxazole rings is 1. The summed E-state index contributed by atoms with van der Waals surface area (Å²) in [5.41, 5.74) is 4.39. The molecule has 25 heavy (non-hydrogen) atoms. The molecule has 0 saturated heterocycles. The molecule has 0 radical (unpaired) electrons. The fourth-order valence-electron chi connectivity index (χ4n) is 3.10. The molecule has 1 unspecified atom stereocenters. The summed E-state index contributed by atoms with van der Waals surface area (Å²) < 4.78 is 6.37. The van der Waals surface area contributed by atoms with E-state index in [9.17, 15) is 4.79 Å². The van der Waals surface area contributed by atoms with Crippen molar-refractivity contribution < 1.29 is 9.21 Å². The van der Waals surface area contributed by atoms with Crippen LogP contribution in [0.3, 0.4) is 0 Å². The number of carbonyl (C=O) groups is 1. The number of hydrazone groups is 1.